The third-order valence-corrected chi connectivity index (χ3v) is 5.52. The molecule has 1 aliphatic rings. The maximum atomic E-state index is 12.1. The fourth-order valence-corrected chi connectivity index (χ4v) is 3.88. The van der Waals surface area contributed by atoms with E-state index in [9.17, 15) is 18.0 Å². The number of carboxylic acid groups (broad SMARTS) is 1. The van der Waals surface area contributed by atoms with E-state index in [1.165, 1.54) is 0 Å². The summed E-state index contributed by atoms with van der Waals surface area (Å²) >= 11 is 1.70. The number of likely N-dealkylation sites (tertiary alicyclic amines) is 1. The second-order valence-electron chi connectivity index (χ2n) is 7.01. The molecule has 3 aromatic rings. The van der Waals surface area contributed by atoms with E-state index in [1.807, 2.05) is 29.8 Å². The molecule has 3 aromatic heterocycles. The summed E-state index contributed by atoms with van der Waals surface area (Å²) in [5.41, 5.74) is 1.46. The highest BCUT2D eigenvalue weighted by atomic mass is 32.1. The first-order valence-electron chi connectivity index (χ1n) is 9.66. The molecule has 1 aliphatic heterocycles. The van der Waals surface area contributed by atoms with Crippen LogP contribution >= 0.6 is 11.3 Å². The third kappa shape index (κ3) is 6.69. The second-order valence-corrected chi connectivity index (χ2v) is 7.99. The van der Waals surface area contributed by atoms with Crippen molar-refractivity contribution in [1.29, 1.82) is 0 Å². The zero-order chi connectivity index (χ0) is 23.1. The van der Waals surface area contributed by atoms with Gasteiger partial charge in [-0.3, -0.25) is 14.7 Å². The van der Waals surface area contributed by atoms with Gasteiger partial charge in [-0.15, -0.1) is 11.3 Å². The summed E-state index contributed by atoms with van der Waals surface area (Å²) in [6, 6.07) is 7.24. The molecule has 2 N–H and O–H groups in total. The number of aromatic amines is 1. The summed E-state index contributed by atoms with van der Waals surface area (Å²) in [4.78, 5) is 39.5. The minimum atomic E-state index is -5.08. The Hall–Kier alpha value is -3.12. The summed E-state index contributed by atoms with van der Waals surface area (Å²) < 4.78 is 31.7. The van der Waals surface area contributed by atoms with E-state index >= 15 is 0 Å². The molecule has 32 heavy (non-hydrogen) atoms. The number of piperidine rings is 1. The predicted molar refractivity (Wildman–Crippen MR) is 111 cm³/mol. The van der Waals surface area contributed by atoms with Crippen molar-refractivity contribution in [3.05, 3.63) is 63.1 Å². The smallest absolute Gasteiger partial charge is 0.475 e. The van der Waals surface area contributed by atoms with Gasteiger partial charge in [0, 0.05) is 29.8 Å². The van der Waals surface area contributed by atoms with Gasteiger partial charge < -0.3 is 10.1 Å². The van der Waals surface area contributed by atoms with Crippen LogP contribution in [0.2, 0.25) is 0 Å². The Kier molecular flexibility index (Phi) is 7.70. The molecule has 0 unspecified atom stereocenters. The largest absolute Gasteiger partial charge is 0.490 e. The molecule has 8 nitrogen and oxygen atoms in total. The number of aromatic nitrogens is 4. The predicted octanol–water partition coefficient (Wildman–Crippen LogP) is 3.30. The molecule has 4 heterocycles. The molecule has 0 bridgehead atoms. The van der Waals surface area contributed by atoms with E-state index in [0.29, 0.717) is 17.4 Å². The average Bonchev–Trinajstić information content (AvgIpc) is 3.27. The molecule has 0 saturated carbocycles. The summed E-state index contributed by atoms with van der Waals surface area (Å²) in [6.07, 6.45) is 0.484. The fourth-order valence-electron chi connectivity index (χ4n) is 3.22. The molecule has 170 valence electrons. The van der Waals surface area contributed by atoms with Crippen molar-refractivity contribution in [3.63, 3.8) is 0 Å². The quantitative estimate of drug-likeness (QED) is 0.606. The van der Waals surface area contributed by atoms with Crippen LogP contribution < -0.4 is 5.56 Å². The van der Waals surface area contributed by atoms with E-state index in [4.69, 9.17) is 9.90 Å². The van der Waals surface area contributed by atoms with Crippen LogP contribution in [0.5, 0.6) is 0 Å². The van der Waals surface area contributed by atoms with Crippen LogP contribution in [0.4, 0.5) is 13.2 Å². The lowest BCUT2D eigenvalue weighted by molar-refractivity contribution is -0.192. The van der Waals surface area contributed by atoms with Gasteiger partial charge in [-0.2, -0.15) is 13.2 Å². The number of carboxylic acids is 1. The van der Waals surface area contributed by atoms with Crippen molar-refractivity contribution in [2.75, 3.05) is 13.1 Å². The fraction of sp³-hybridized carbons (Fsp3) is 0.350. The lowest BCUT2D eigenvalue weighted by Crippen LogP contribution is -2.33. The lowest BCUT2D eigenvalue weighted by Gasteiger charge is -2.31. The number of halogens is 3. The highest BCUT2D eigenvalue weighted by Crippen LogP contribution is 2.27. The Morgan fingerprint density at radius 1 is 1.22 bits per heavy atom. The van der Waals surface area contributed by atoms with Crippen molar-refractivity contribution in [2.24, 2.45) is 0 Å². The Morgan fingerprint density at radius 2 is 1.94 bits per heavy atom. The number of rotatable bonds is 4. The second kappa shape index (κ2) is 10.5. The summed E-state index contributed by atoms with van der Waals surface area (Å²) in [6.45, 7) is 2.90. The molecular formula is C20H20F3N5O3S. The summed E-state index contributed by atoms with van der Waals surface area (Å²) in [5, 5.41) is 10.3. The van der Waals surface area contributed by atoms with Crippen LogP contribution in [-0.4, -0.2) is 55.2 Å². The molecule has 0 amide bonds. The van der Waals surface area contributed by atoms with Gasteiger partial charge >= 0.3 is 12.1 Å². The van der Waals surface area contributed by atoms with Gasteiger partial charge in [-0.05, 0) is 38.1 Å². The number of aliphatic carboxylic acids is 1. The van der Waals surface area contributed by atoms with Crippen LogP contribution in [0.1, 0.15) is 29.5 Å². The molecule has 1 fully saturated rings. The molecule has 0 radical (unpaired) electrons. The number of nitrogens with one attached hydrogen (secondary N) is 1. The van der Waals surface area contributed by atoms with Crippen LogP contribution in [0.3, 0.4) is 0 Å². The lowest BCUT2D eigenvalue weighted by atomic mass is 9.93. The normalized spacial score (nSPS) is 15.1. The number of hydrogen-bond donors (Lipinski definition) is 2. The van der Waals surface area contributed by atoms with Gasteiger partial charge in [0.1, 0.15) is 10.7 Å². The highest BCUT2D eigenvalue weighted by molar-refractivity contribution is 7.09. The van der Waals surface area contributed by atoms with Crippen molar-refractivity contribution >= 4 is 17.3 Å². The first-order valence-corrected chi connectivity index (χ1v) is 10.5. The number of nitrogens with zero attached hydrogens (tertiary/aromatic N) is 4. The van der Waals surface area contributed by atoms with Crippen molar-refractivity contribution in [2.45, 2.75) is 31.5 Å². The van der Waals surface area contributed by atoms with Gasteiger partial charge in [0.05, 0.1) is 12.2 Å². The molecule has 0 aromatic carbocycles. The molecular weight excluding hydrogens is 447 g/mol. The maximum absolute atomic E-state index is 12.1. The number of carbonyl (C=O) groups is 1. The zero-order valence-corrected chi connectivity index (χ0v) is 17.6. The maximum Gasteiger partial charge on any atom is 0.490 e. The Bertz CT molecular complexity index is 1070. The summed E-state index contributed by atoms with van der Waals surface area (Å²) in [7, 11) is 0. The van der Waals surface area contributed by atoms with E-state index < -0.39 is 12.1 Å². The minimum Gasteiger partial charge on any atom is -0.475 e. The first kappa shape index (κ1) is 23.5. The average molecular weight is 467 g/mol. The van der Waals surface area contributed by atoms with Crippen LogP contribution in [0.15, 0.2) is 46.8 Å². The first-order chi connectivity index (χ1) is 15.2. The minimum absolute atomic E-state index is 0.115. The van der Waals surface area contributed by atoms with Crippen molar-refractivity contribution < 1.29 is 23.1 Å². The number of thiazole rings is 1. The molecule has 0 spiro atoms. The highest BCUT2D eigenvalue weighted by Gasteiger charge is 2.38. The molecule has 1 saturated heterocycles. The van der Waals surface area contributed by atoms with E-state index in [1.54, 1.807) is 23.6 Å². The number of hydrogen-bond acceptors (Lipinski definition) is 7. The van der Waals surface area contributed by atoms with Crippen LogP contribution in [0, 0.1) is 0 Å². The topological polar surface area (TPSA) is 112 Å². The molecule has 0 atom stereocenters. The zero-order valence-electron chi connectivity index (χ0n) is 16.7. The monoisotopic (exact) mass is 467 g/mol. The van der Waals surface area contributed by atoms with Crippen molar-refractivity contribution in [1.82, 2.24) is 24.8 Å². The Morgan fingerprint density at radius 3 is 2.50 bits per heavy atom. The van der Waals surface area contributed by atoms with E-state index in [0.717, 1.165) is 43.2 Å². The van der Waals surface area contributed by atoms with Crippen LogP contribution in [-0.2, 0) is 11.3 Å². The van der Waals surface area contributed by atoms with Gasteiger partial charge in [-0.25, -0.2) is 14.8 Å². The number of H-pyrrole nitrogens is 1. The van der Waals surface area contributed by atoms with Gasteiger partial charge in [0.25, 0.3) is 5.56 Å². The number of pyridine rings is 1. The Balaban J connectivity index is 0.000000360. The molecule has 4 rings (SSSR count). The third-order valence-electron chi connectivity index (χ3n) is 4.76. The van der Waals surface area contributed by atoms with Crippen LogP contribution in [0.25, 0.3) is 11.5 Å². The standard InChI is InChI=1S/C18H19N5OS.C2HF3O2/c24-16-11-15(21-18(22-16)14-3-1-2-6-19-14)13-4-8-23(9-5-13)12-17-20-7-10-25-17;3-2(4,5)1(6)7/h1-3,6-7,10-11,13H,4-5,8-9,12H2,(H,21,22,24);(H,6,7). The van der Waals surface area contributed by atoms with Gasteiger partial charge in [-0.1, -0.05) is 6.07 Å². The van der Waals surface area contributed by atoms with E-state index in [2.05, 4.69) is 24.8 Å². The number of alkyl halides is 3. The molecule has 0 aliphatic carbocycles. The van der Waals surface area contributed by atoms with E-state index in [-0.39, 0.29) is 5.56 Å². The Labute approximate surface area is 184 Å². The van der Waals surface area contributed by atoms with Crippen molar-refractivity contribution in [3.8, 4) is 11.5 Å². The SMILES string of the molecule is O=C(O)C(F)(F)F.O=c1cc(C2CCN(Cc3nccs3)CC2)nc(-c2ccccn2)[nH]1. The van der Waals surface area contributed by atoms with Gasteiger partial charge in [0.15, 0.2) is 5.82 Å². The molecule has 12 heteroatoms. The summed E-state index contributed by atoms with van der Waals surface area (Å²) in [5.74, 6) is -1.89. The van der Waals surface area contributed by atoms with Gasteiger partial charge in [0.2, 0.25) is 0 Å².